The third kappa shape index (κ3) is 1.77. The highest BCUT2D eigenvalue weighted by molar-refractivity contribution is 5.75. The first kappa shape index (κ1) is 11.0. The predicted octanol–water partition coefficient (Wildman–Crippen LogP) is 2.40. The van der Waals surface area contributed by atoms with E-state index in [4.69, 9.17) is 4.74 Å². The minimum atomic E-state index is -0.138. The highest BCUT2D eigenvalue weighted by Crippen LogP contribution is 2.31. The lowest BCUT2D eigenvalue weighted by molar-refractivity contribution is -0.143. The number of carbonyl (C=O) groups excluding carboxylic acids is 1. The van der Waals surface area contributed by atoms with Crippen molar-refractivity contribution in [3.8, 4) is 0 Å². The summed E-state index contributed by atoms with van der Waals surface area (Å²) >= 11 is 0. The Kier molecular flexibility index (Phi) is 2.86. The molecule has 16 heavy (non-hydrogen) atoms. The number of rotatable bonds is 2. The molecule has 0 bridgehead atoms. The number of allylic oxidation sites excluding steroid dienone is 1. The van der Waals surface area contributed by atoms with Crippen LogP contribution < -0.4 is 0 Å². The van der Waals surface area contributed by atoms with E-state index in [2.05, 4.69) is 36.6 Å². The van der Waals surface area contributed by atoms with Crippen LogP contribution in [0.1, 0.15) is 23.9 Å². The predicted molar refractivity (Wildman–Crippen MR) is 62.2 cm³/mol. The molecule has 2 rings (SSSR count). The fraction of sp³-hybridized carbons (Fsp3) is 0.462. The molecular weight excluding hydrogens is 202 g/mol. The molecule has 1 aromatic rings. The van der Waals surface area contributed by atoms with Crippen molar-refractivity contribution in [1.29, 1.82) is 0 Å². The molecule has 3 nitrogen and oxygen atoms in total. The maximum atomic E-state index is 11.4. The van der Waals surface area contributed by atoms with Crippen LogP contribution in [0.15, 0.2) is 24.3 Å². The van der Waals surface area contributed by atoms with Crippen LogP contribution >= 0.6 is 0 Å². The number of hydrogen-bond donors (Lipinski definition) is 0. The van der Waals surface area contributed by atoms with Crippen molar-refractivity contribution >= 4 is 5.97 Å². The molecule has 2 atom stereocenters. The zero-order valence-electron chi connectivity index (χ0n) is 9.93. The average Bonchev–Trinajstić information content (AvgIpc) is 2.85. The van der Waals surface area contributed by atoms with Gasteiger partial charge in [0.15, 0.2) is 0 Å². The van der Waals surface area contributed by atoms with Gasteiger partial charge in [-0.15, -0.1) is 0 Å². The van der Waals surface area contributed by atoms with Gasteiger partial charge < -0.3 is 9.30 Å². The molecule has 0 saturated heterocycles. The lowest BCUT2D eigenvalue weighted by Crippen LogP contribution is -2.15. The lowest BCUT2D eigenvalue weighted by Gasteiger charge is -2.17. The molecule has 0 radical (unpaired) electrons. The monoisotopic (exact) mass is 219 g/mol. The summed E-state index contributed by atoms with van der Waals surface area (Å²) in [4.78, 5) is 11.4. The first-order chi connectivity index (χ1) is 7.63. The molecule has 1 aliphatic rings. The minimum Gasteiger partial charge on any atom is -0.469 e. The molecule has 1 unspecified atom stereocenters. The number of ether oxygens (including phenoxy) is 1. The minimum absolute atomic E-state index is 0.0869. The van der Waals surface area contributed by atoms with Gasteiger partial charge in [-0.05, 0) is 32.4 Å². The van der Waals surface area contributed by atoms with Crippen LogP contribution in [-0.2, 0) is 9.53 Å². The van der Waals surface area contributed by atoms with Gasteiger partial charge in [-0.1, -0.05) is 12.2 Å². The Balaban J connectivity index is 2.16. The van der Waals surface area contributed by atoms with Crippen LogP contribution in [0.2, 0.25) is 0 Å². The molecule has 1 heterocycles. The highest BCUT2D eigenvalue weighted by Gasteiger charge is 2.27. The molecule has 0 saturated carbocycles. The second kappa shape index (κ2) is 4.16. The van der Waals surface area contributed by atoms with E-state index in [9.17, 15) is 4.79 Å². The fourth-order valence-corrected chi connectivity index (χ4v) is 2.40. The van der Waals surface area contributed by atoms with E-state index in [1.807, 2.05) is 6.08 Å². The van der Waals surface area contributed by atoms with E-state index >= 15 is 0 Å². The van der Waals surface area contributed by atoms with Crippen molar-refractivity contribution in [2.75, 3.05) is 7.11 Å². The summed E-state index contributed by atoms with van der Waals surface area (Å²) in [6.07, 6.45) is 4.86. The molecule has 0 spiro atoms. The van der Waals surface area contributed by atoms with Crippen molar-refractivity contribution in [1.82, 2.24) is 4.57 Å². The Bertz CT molecular complexity index is 412. The van der Waals surface area contributed by atoms with Gasteiger partial charge in [0.1, 0.15) is 0 Å². The van der Waals surface area contributed by atoms with Crippen molar-refractivity contribution < 1.29 is 9.53 Å². The zero-order valence-corrected chi connectivity index (χ0v) is 9.93. The quantitative estimate of drug-likeness (QED) is 0.565. The largest absolute Gasteiger partial charge is 0.469 e. The summed E-state index contributed by atoms with van der Waals surface area (Å²) in [5.74, 6) is -0.225. The van der Waals surface area contributed by atoms with Crippen molar-refractivity contribution in [3.63, 3.8) is 0 Å². The van der Waals surface area contributed by atoms with Crippen LogP contribution in [0, 0.1) is 19.8 Å². The summed E-state index contributed by atoms with van der Waals surface area (Å²) in [6, 6.07) is 4.50. The van der Waals surface area contributed by atoms with Crippen molar-refractivity contribution in [2.45, 2.75) is 26.3 Å². The number of methoxy groups -OCH3 is 1. The SMILES string of the molecule is COC(=O)[C@H]1C=CC(n2c(C)ccc2C)C1. The topological polar surface area (TPSA) is 31.2 Å². The molecule has 0 fully saturated rings. The molecule has 0 amide bonds. The van der Waals surface area contributed by atoms with E-state index < -0.39 is 0 Å². The van der Waals surface area contributed by atoms with Crippen LogP contribution in [-0.4, -0.2) is 17.6 Å². The molecular formula is C13H17NO2. The van der Waals surface area contributed by atoms with Gasteiger partial charge in [-0.2, -0.15) is 0 Å². The van der Waals surface area contributed by atoms with E-state index in [0.717, 1.165) is 6.42 Å². The summed E-state index contributed by atoms with van der Waals surface area (Å²) in [5, 5.41) is 0. The van der Waals surface area contributed by atoms with E-state index in [-0.39, 0.29) is 11.9 Å². The van der Waals surface area contributed by atoms with Gasteiger partial charge in [0, 0.05) is 11.4 Å². The molecule has 1 aromatic heterocycles. The van der Waals surface area contributed by atoms with Gasteiger partial charge in [-0.25, -0.2) is 0 Å². The van der Waals surface area contributed by atoms with Gasteiger partial charge in [0.25, 0.3) is 0 Å². The van der Waals surface area contributed by atoms with Gasteiger partial charge in [-0.3, -0.25) is 4.79 Å². The van der Waals surface area contributed by atoms with Gasteiger partial charge in [0.2, 0.25) is 0 Å². The number of carbonyl (C=O) groups is 1. The molecule has 0 N–H and O–H groups in total. The second-order valence-electron chi connectivity index (χ2n) is 4.30. The number of nitrogens with zero attached hydrogens (tertiary/aromatic N) is 1. The van der Waals surface area contributed by atoms with Gasteiger partial charge >= 0.3 is 5.97 Å². The summed E-state index contributed by atoms with van der Waals surface area (Å²) in [6.45, 7) is 4.18. The molecule has 3 heteroatoms. The van der Waals surface area contributed by atoms with E-state index in [1.165, 1.54) is 18.5 Å². The summed E-state index contributed by atoms with van der Waals surface area (Å²) < 4.78 is 7.02. The number of aryl methyl sites for hydroxylation is 2. The van der Waals surface area contributed by atoms with Crippen LogP contribution in [0.3, 0.4) is 0 Å². The lowest BCUT2D eigenvalue weighted by atomic mass is 10.1. The van der Waals surface area contributed by atoms with Crippen LogP contribution in [0.4, 0.5) is 0 Å². The number of aromatic nitrogens is 1. The van der Waals surface area contributed by atoms with E-state index in [0.29, 0.717) is 6.04 Å². The molecule has 1 aliphatic carbocycles. The van der Waals surface area contributed by atoms with E-state index in [1.54, 1.807) is 0 Å². The summed E-state index contributed by atoms with van der Waals surface area (Å²) in [7, 11) is 1.44. The number of esters is 1. The first-order valence-corrected chi connectivity index (χ1v) is 5.54. The maximum Gasteiger partial charge on any atom is 0.312 e. The standard InChI is InChI=1S/C13H17NO2/c1-9-4-5-10(2)14(9)12-7-6-11(8-12)13(15)16-3/h4-7,11-12H,8H2,1-3H3/t11-,12?/m0/s1. The molecule has 0 aliphatic heterocycles. The third-order valence-corrected chi connectivity index (χ3v) is 3.22. The number of hydrogen-bond acceptors (Lipinski definition) is 2. The summed E-state index contributed by atoms with van der Waals surface area (Å²) in [5.41, 5.74) is 2.47. The molecule has 86 valence electrons. The van der Waals surface area contributed by atoms with Crippen molar-refractivity contribution in [2.24, 2.45) is 5.92 Å². The smallest absolute Gasteiger partial charge is 0.312 e. The third-order valence-electron chi connectivity index (χ3n) is 3.22. The first-order valence-electron chi connectivity index (χ1n) is 5.54. The fourth-order valence-electron chi connectivity index (χ4n) is 2.40. The Morgan fingerprint density at radius 2 is 1.94 bits per heavy atom. The van der Waals surface area contributed by atoms with Crippen LogP contribution in [0.25, 0.3) is 0 Å². The van der Waals surface area contributed by atoms with Crippen molar-refractivity contribution in [3.05, 3.63) is 35.7 Å². The highest BCUT2D eigenvalue weighted by atomic mass is 16.5. The Morgan fingerprint density at radius 3 is 2.50 bits per heavy atom. The Labute approximate surface area is 95.7 Å². The maximum absolute atomic E-state index is 11.4. The zero-order chi connectivity index (χ0) is 11.7. The molecule has 0 aromatic carbocycles. The Morgan fingerprint density at radius 1 is 1.31 bits per heavy atom. The normalized spacial score (nSPS) is 23.7. The van der Waals surface area contributed by atoms with Gasteiger partial charge in [0.05, 0.1) is 19.1 Å². The second-order valence-corrected chi connectivity index (χ2v) is 4.30. The Hall–Kier alpha value is -1.51. The average molecular weight is 219 g/mol. The van der Waals surface area contributed by atoms with Crippen LogP contribution in [0.5, 0.6) is 0 Å².